The number of aromatic nitrogens is 2. The number of ether oxygens (including phenoxy) is 1. The highest BCUT2D eigenvalue weighted by molar-refractivity contribution is 5.83. The van der Waals surface area contributed by atoms with E-state index < -0.39 is 11.9 Å². The maximum absolute atomic E-state index is 14.1. The van der Waals surface area contributed by atoms with E-state index >= 15 is 0 Å². The monoisotopic (exact) mass is 473 g/mol. The largest absolute Gasteiger partial charge is 0.456 e. The van der Waals surface area contributed by atoms with Crippen LogP contribution in [0, 0.1) is 5.82 Å². The van der Waals surface area contributed by atoms with Crippen LogP contribution in [-0.4, -0.2) is 57.9 Å². The Balaban J connectivity index is 1.14. The lowest BCUT2D eigenvalue weighted by atomic mass is 10.0. The Morgan fingerprint density at radius 2 is 1.77 bits per heavy atom. The number of pyridine rings is 1. The Bertz CT molecular complexity index is 1280. The molecule has 2 aromatic heterocycles. The summed E-state index contributed by atoms with van der Waals surface area (Å²) >= 11 is 0. The van der Waals surface area contributed by atoms with Gasteiger partial charge in [-0.2, -0.15) is 0 Å². The molecule has 1 aliphatic heterocycles. The number of hydrogen-bond acceptors (Lipinski definition) is 5. The van der Waals surface area contributed by atoms with Gasteiger partial charge in [0, 0.05) is 51.2 Å². The molecule has 5 rings (SSSR count). The maximum Gasteiger partial charge on any atom is 0.239 e. The zero-order valence-electron chi connectivity index (χ0n) is 19.4. The van der Waals surface area contributed by atoms with Crippen molar-refractivity contribution in [1.82, 2.24) is 19.8 Å². The number of nitrogens with two attached hydrogens (primary N) is 1. The minimum atomic E-state index is -0.601. The van der Waals surface area contributed by atoms with Crippen LogP contribution >= 0.6 is 0 Å². The molecular formula is C27H28FN5O2. The van der Waals surface area contributed by atoms with Gasteiger partial charge in [0.05, 0.1) is 11.4 Å². The number of carbonyl (C=O) groups is 1. The smallest absolute Gasteiger partial charge is 0.239 e. The molecule has 2 aromatic carbocycles. The highest BCUT2D eigenvalue weighted by Crippen LogP contribution is 2.30. The number of nitrogens with one attached hydrogen (secondary N) is 1. The summed E-state index contributed by atoms with van der Waals surface area (Å²) in [6.45, 7) is 3.93. The van der Waals surface area contributed by atoms with E-state index in [1.807, 2.05) is 35.2 Å². The van der Waals surface area contributed by atoms with E-state index in [4.69, 9.17) is 10.5 Å². The molecule has 3 N–H and O–H groups in total. The quantitative estimate of drug-likeness (QED) is 0.427. The minimum absolute atomic E-state index is 0.0215. The molecule has 1 amide bonds. The Morgan fingerprint density at radius 1 is 1.03 bits per heavy atom. The lowest BCUT2D eigenvalue weighted by Crippen LogP contribution is -2.53. The van der Waals surface area contributed by atoms with Crippen molar-refractivity contribution in [2.24, 2.45) is 5.73 Å². The molecule has 1 atom stereocenters. The number of carbonyl (C=O) groups excluding carboxylic acids is 1. The van der Waals surface area contributed by atoms with Gasteiger partial charge < -0.3 is 20.4 Å². The van der Waals surface area contributed by atoms with Crippen LogP contribution in [0.4, 0.5) is 4.39 Å². The van der Waals surface area contributed by atoms with Crippen molar-refractivity contribution in [2.75, 3.05) is 26.2 Å². The van der Waals surface area contributed by atoms with Gasteiger partial charge in [0.25, 0.3) is 0 Å². The molecule has 8 heteroatoms. The minimum Gasteiger partial charge on any atom is -0.456 e. The second-order valence-electron chi connectivity index (χ2n) is 8.81. The summed E-state index contributed by atoms with van der Waals surface area (Å²) < 4.78 is 19.9. The van der Waals surface area contributed by atoms with Crippen LogP contribution in [0.5, 0.6) is 11.5 Å². The predicted molar refractivity (Wildman–Crippen MR) is 133 cm³/mol. The van der Waals surface area contributed by atoms with Gasteiger partial charge in [-0.05, 0) is 29.7 Å². The number of amides is 1. The molecule has 0 saturated carbocycles. The van der Waals surface area contributed by atoms with Gasteiger partial charge in [0.2, 0.25) is 5.91 Å². The maximum atomic E-state index is 14.1. The lowest BCUT2D eigenvalue weighted by molar-refractivity contribution is -0.134. The van der Waals surface area contributed by atoms with Crippen LogP contribution < -0.4 is 10.5 Å². The molecule has 0 radical (unpaired) electrons. The molecule has 1 saturated heterocycles. The van der Waals surface area contributed by atoms with Gasteiger partial charge in [0.15, 0.2) is 5.82 Å². The average Bonchev–Trinajstić information content (AvgIpc) is 3.27. The molecule has 1 aliphatic rings. The Hall–Kier alpha value is -3.75. The summed E-state index contributed by atoms with van der Waals surface area (Å²) in [7, 11) is 0. The molecule has 0 aliphatic carbocycles. The molecule has 0 spiro atoms. The molecule has 4 aromatic rings. The highest BCUT2D eigenvalue weighted by Gasteiger charge is 2.25. The second-order valence-corrected chi connectivity index (χ2v) is 8.81. The first kappa shape index (κ1) is 23.0. The molecule has 1 fully saturated rings. The van der Waals surface area contributed by atoms with E-state index in [1.165, 1.54) is 11.8 Å². The van der Waals surface area contributed by atoms with Gasteiger partial charge in [-0.1, -0.05) is 42.5 Å². The number of H-pyrrole nitrogens is 1. The Kier molecular flexibility index (Phi) is 6.74. The van der Waals surface area contributed by atoms with Crippen LogP contribution in [0.2, 0.25) is 0 Å². The number of fused-ring (bicyclic) bond motifs is 1. The Morgan fingerprint density at radius 3 is 2.51 bits per heavy atom. The van der Waals surface area contributed by atoms with Crippen molar-refractivity contribution in [2.45, 2.75) is 19.0 Å². The summed E-state index contributed by atoms with van der Waals surface area (Å²) in [6, 6.07) is 18.7. The van der Waals surface area contributed by atoms with Gasteiger partial charge in [-0.15, -0.1) is 0 Å². The fourth-order valence-electron chi connectivity index (χ4n) is 4.44. The molecule has 7 nitrogen and oxygen atoms in total. The van der Waals surface area contributed by atoms with Gasteiger partial charge in [-0.3, -0.25) is 9.69 Å². The van der Waals surface area contributed by atoms with Crippen LogP contribution in [0.3, 0.4) is 0 Å². The predicted octanol–water partition coefficient (Wildman–Crippen LogP) is 3.71. The standard InChI is InChI=1S/C27H28FN5O2/c28-22-17-31-26-25(22)24(10-11-30-26)35-21-8-6-19(7-9-21)16-23(29)27(34)33-14-12-32(13-15-33)18-20-4-2-1-3-5-20/h1-11,17,23H,12-16,18,29H2,(H,30,31). The van der Waals surface area contributed by atoms with Crippen molar-refractivity contribution >= 4 is 16.9 Å². The number of hydrogen-bond donors (Lipinski definition) is 2. The molecular weight excluding hydrogens is 445 g/mol. The zero-order chi connectivity index (χ0) is 24.2. The summed E-state index contributed by atoms with van der Waals surface area (Å²) in [5.41, 5.74) is 8.93. The molecule has 1 unspecified atom stereocenters. The van der Waals surface area contributed by atoms with Crippen LogP contribution in [-0.2, 0) is 17.8 Å². The van der Waals surface area contributed by atoms with Gasteiger partial charge in [-0.25, -0.2) is 9.37 Å². The molecule has 180 valence electrons. The molecule has 35 heavy (non-hydrogen) atoms. The number of benzene rings is 2. The highest BCUT2D eigenvalue weighted by atomic mass is 19.1. The molecule has 3 heterocycles. The second kappa shape index (κ2) is 10.2. The van der Waals surface area contributed by atoms with Crippen molar-refractivity contribution in [1.29, 1.82) is 0 Å². The summed E-state index contributed by atoms with van der Waals surface area (Å²) in [6.07, 6.45) is 3.26. The summed E-state index contributed by atoms with van der Waals surface area (Å²) in [5.74, 6) is 0.521. The van der Waals surface area contributed by atoms with Gasteiger partial charge >= 0.3 is 0 Å². The number of rotatable bonds is 7. The van der Waals surface area contributed by atoms with Crippen molar-refractivity contribution in [3.63, 3.8) is 0 Å². The summed E-state index contributed by atoms with van der Waals surface area (Å²) in [4.78, 5) is 24.0. The molecule has 0 bridgehead atoms. The third-order valence-electron chi connectivity index (χ3n) is 6.34. The van der Waals surface area contributed by atoms with Crippen LogP contribution in [0.15, 0.2) is 73.1 Å². The number of nitrogens with zero attached hydrogens (tertiary/aromatic N) is 3. The fraction of sp³-hybridized carbons (Fsp3) is 0.259. The number of aromatic amines is 1. The Labute approximate surface area is 203 Å². The van der Waals surface area contributed by atoms with E-state index in [0.29, 0.717) is 42.0 Å². The average molecular weight is 474 g/mol. The SMILES string of the molecule is NC(Cc1ccc(Oc2ccnc3[nH]cc(F)c23)cc1)C(=O)N1CCN(Cc2ccccc2)CC1. The van der Waals surface area contributed by atoms with E-state index in [-0.39, 0.29) is 5.91 Å². The van der Waals surface area contributed by atoms with E-state index in [9.17, 15) is 9.18 Å². The number of piperazine rings is 1. The van der Waals surface area contributed by atoms with Crippen LogP contribution in [0.25, 0.3) is 11.0 Å². The van der Waals surface area contributed by atoms with E-state index in [2.05, 4.69) is 27.0 Å². The first-order chi connectivity index (χ1) is 17.1. The number of halogens is 1. The third kappa shape index (κ3) is 5.34. The van der Waals surface area contributed by atoms with Gasteiger partial charge in [0.1, 0.15) is 17.1 Å². The normalized spacial score (nSPS) is 15.3. The lowest BCUT2D eigenvalue weighted by Gasteiger charge is -2.36. The van der Waals surface area contributed by atoms with Crippen LogP contribution in [0.1, 0.15) is 11.1 Å². The van der Waals surface area contributed by atoms with Crippen molar-refractivity contribution in [3.8, 4) is 11.5 Å². The zero-order valence-corrected chi connectivity index (χ0v) is 19.4. The van der Waals surface area contributed by atoms with E-state index in [0.717, 1.165) is 25.2 Å². The van der Waals surface area contributed by atoms with E-state index in [1.54, 1.807) is 24.4 Å². The first-order valence-corrected chi connectivity index (χ1v) is 11.8. The first-order valence-electron chi connectivity index (χ1n) is 11.8. The van der Waals surface area contributed by atoms with Crippen molar-refractivity contribution < 1.29 is 13.9 Å². The fourth-order valence-corrected chi connectivity index (χ4v) is 4.44. The summed E-state index contributed by atoms with van der Waals surface area (Å²) in [5, 5.41) is 0.313. The third-order valence-corrected chi connectivity index (χ3v) is 6.34. The topological polar surface area (TPSA) is 87.5 Å². The van der Waals surface area contributed by atoms with Crippen molar-refractivity contribution in [3.05, 3.63) is 90.0 Å².